The highest BCUT2D eigenvalue weighted by atomic mass is 35.5. The van der Waals surface area contributed by atoms with Crippen molar-refractivity contribution in [2.75, 3.05) is 18.6 Å². The number of nitrogens with zero attached hydrogens (tertiary/aromatic N) is 1. The average Bonchev–Trinajstić information content (AvgIpc) is 2.77. The maximum absolute atomic E-state index is 12.6. The third-order valence-corrected chi connectivity index (χ3v) is 6.96. The van der Waals surface area contributed by atoms with Gasteiger partial charge in [0.15, 0.2) is 6.61 Å². The minimum absolute atomic E-state index is 0.00219. The van der Waals surface area contributed by atoms with Crippen molar-refractivity contribution in [3.05, 3.63) is 38.9 Å². The lowest BCUT2D eigenvalue weighted by Crippen LogP contribution is -2.46. The fourth-order valence-corrected chi connectivity index (χ4v) is 4.53. The normalized spacial score (nSPS) is 21.0. The molecule has 0 aliphatic heterocycles. The summed E-state index contributed by atoms with van der Waals surface area (Å²) in [6, 6.07) is 2.53. The molecule has 0 heterocycles. The Morgan fingerprint density at radius 1 is 1.30 bits per heavy atom. The lowest BCUT2D eigenvalue weighted by Gasteiger charge is -2.34. The first-order chi connectivity index (χ1) is 15.6. The molecule has 2 N–H and O–H groups in total. The summed E-state index contributed by atoms with van der Waals surface area (Å²) in [7, 11) is 0. The van der Waals surface area contributed by atoms with Crippen LogP contribution in [0.25, 0.3) is 0 Å². The van der Waals surface area contributed by atoms with Crippen molar-refractivity contribution in [1.29, 1.82) is 0 Å². The number of nitrogens with one attached hydrogen (secondary N) is 2. The third-order valence-electron chi connectivity index (χ3n) is 6.01. The summed E-state index contributed by atoms with van der Waals surface area (Å²) in [5.41, 5.74) is -0.245. The van der Waals surface area contributed by atoms with Crippen LogP contribution in [0.2, 0.25) is 5.02 Å². The first kappa shape index (κ1) is 26.9. The smallest absolute Gasteiger partial charge is 0.329 e. The number of thioether (sulfide) groups is 1. The summed E-state index contributed by atoms with van der Waals surface area (Å²) in [6.45, 7) is 3.84. The van der Waals surface area contributed by atoms with E-state index in [-0.39, 0.29) is 34.6 Å². The largest absolute Gasteiger partial charge is 0.454 e. The van der Waals surface area contributed by atoms with E-state index >= 15 is 0 Å². The minimum Gasteiger partial charge on any atom is -0.454 e. The van der Waals surface area contributed by atoms with Gasteiger partial charge in [-0.1, -0.05) is 38.3 Å². The highest BCUT2D eigenvalue weighted by Gasteiger charge is 2.29. The summed E-state index contributed by atoms with van der Waals surface area (Å²) in [4.78, 5) is 47.8. The topological polar surface area (TPSA) is 128 Å². The van der Waals surface area contributed by atoms with E-state index in [4.69, 9.17) is 16.3 Å². The van der Waals surface area contributed by atoms with E-state index in [2.05, 4.69) is 24.5 Å². The van der Waals surface area contributed by atoms with Gasteiger partial charge >= 0.3 is 5.97 Å². The molecule has 1 fully saturated rings. The number of non-ortho nitro benzene ring substituents is 1. The molecule has 0 saturated heterocycles. The van der Waals surface area contributed by atoms with Crippen LogP contribution >= 0.6 is 23.4 Å². The number of benzene rings is 1. The maximum Gasteiger partial charge on any atom is 0.329 e. The molecule has 11 heteroatoms. The predicted molar refractivity (Wildman–Crippen MR) is 127 cm³/mol. The zero-order valence-electron chi connectivity index (χ0n) is 19.0. The molecule has 4 atom stereocenters. The number of carbonyl (C=O) groups excluding carboxylic acids is 3. The van der Waals surface area contributed by atoms with Crippen LogP contribution in [-0.2, 0) is 14.3 Å². The second-order valence-corrected chi connectivity index (χ2v) is 9.67. The molecule has 0 radical (unpaired) electrons. The number of nitro benzene ring substituents is 1. The van der Waals surface area contributed by atoms with Gasteiger partial charge in [0.05, 0.1) is 15.5 Å². The van der Waals surface area contributed by atoms with E-state index < -0.39 is 29.4 Å². The predicted octanol–water partition coefficient (Wildman–Crippen LogP) is 3.58. The highest BCUT2D eigenvalue weighted by Crippen LogP contribution is 2.29. The van der Waals surface area contributed by atoms with Gasteiger partial charge < -0.3 is 15.4 Å². The molecule has 1 saturated carbocycles. The Bertz CT molecular complexity index is 884. The lowest BCUT2D eigenvalue weighted by atomic mass is 9.78. The molecule has 0 aromatic heterocycles. The van der Waals surface area contributed by atoms with Crippen LogP contribution in [0.1, 0.15) is 49.9 Å². The summed E-state index contributed by atoms with van der Waals surface area (Å²) in [5.74, 6) is -0.328. The Morgan fingerprint density at radius 2 is 2.03 bits per heavy atom. The van der Waals surface area contributed by atoms with Crippen LogP contribution in [0.3, 0.4) is 0 Å². The third kappa shape index (κ3) is 7.89. The summed E-state index contributed by atoms with van der Waals surface area (Å²) < 4.78 is 5.19. The number of rotatable bonds is 10. The fraction of sp³-hybridized carbons (Fsp3) is 0.591. The van der Waals surface area contributed by atoms with Gasteiger partial charge in [0, 0.05) is 18.2 Å². The summed E-state index contributed by atoms with van der Waals surface area (Å²) in [6.07, 6.45) is 5.22. The quantitative estimate of drug-likeness (QED) is 0.286. The number of nitro groups is 1. The first-order valence-electron chi connectivity index (χ1n) is 10.8. The highest BCUT2D eigenvalue weighted by molar-refractivity contribution is 7.98. The zero-order chi connectivity index (χ0) is 24.5. The number of esters is 1. The van der Waals surface area contributed by atoms with Crippen LogP contribution in [0.4, 0.5) is 5.69 Å². The van der Waals surface area contributed by atoms with E-state index in [0.29, 0.717) is 17.6 Å². The Balaban J connectivity index is 1.96. The van der Waals surface area contributed by atoms with Crippen molar-refractivity contribution >= 4 is 46.8 Å². The van der Waals surface area contributed by atoms with E-state index in [1.54, 1.807) is 0 Å². The molecule has 0 bridgehead atoms. The molecule has 1 aromatic rings. The Kier molecular flexibility index (Phi) is 10.4. The second-order valence-electron chi connectivity index (χ2n) is 8.28. The van der Waals surface area contributed by atoms with Crippen molar-refractivity contribution in [2.45, 2.75) is 51.6 Å². The number of hydrogen-bond acceptors (Lipinski definition) is 7. The van der Waals surface area contributed by atoms with E-state index in [1.807, 2.05) is 6.26 Å². The van der Waals surface area contributed by atoms with Crippen LogP contribution in [0.5, 0.6) is 0 Å². The van der Waals surface area contributed by atoms with Gasteiger partial charge in [-0.25, -0.2) is 4.79 Å². The van der Waals surface area contributed by atoms with Gasteiger partial charge in [0.1, 0.15) is 6.04 Å². The van der Waals surface area contributed by atoms with Crippen LogP contribution in [0, 0.1) is 22.0 Å². The molecule has 1 aliphatic carbocycles. The van der Waals surface area contributed by atoms with Crippen molar-refractivity contribution in [3.63, 3.8) is 0 Å². The fourth-order valence-electron chi connectivity index (χ4n) is 3.79. The number of halogens is 1. The van der Waals surface area contributed by atoms with Crippen molar-refractivity contribution in [1.82, 2.24) is 10.6 Å². The van der Waals surface area contributed by atoms with Crippen LogP contribution in [0.15, 0.2) is 18.2 Å². The van der Waals surface area contributed by atoms with Crippen molar-refractivity contribution < 1.29 is 24.0 Å². The molecule has 9 nitrogen and oxygen atoms in total. The number of ether oxygens (including phenoxy) is 1. The first-order valence-corrected chi connectivity index (χ1v) is 12.6. The van der Waals surface area contributed by atoms with Crippen molar-refractivity contribution in [2.24, 2.45) is 11.8 Å². The SMILES string of the molecule is CSCC[C@H](NC(=O)c1ccc([N+](=O)[O-])cc1Cl)C(=O)OCC(=O)N[C@@H]1CCC[C@H](C)[C@H]1C. The van der Waals surface area contributed by atoms with E-state index in [1.165, 1.54) is 17.8 Å². The Morgan fingerprint density at radius 3 is 2.67 bits per heavy atom. The molecule has 2 rings (SSSR count). The van der Waals surface area contributed by atoms with Gasteiger partial charge in [-0.05, 0) is 42.8 Å². The van der Waals surface area contributed by atoms with Gasteiger partial charge in [-0.2, -0.15) is 11.8 Å². The average molecular weight is 500 g/mol. The molecule has 0 unspecified atom stereocenters. The van der Waals surface area contributed by atoms with E-state index in [0.717, 1.165) is 31.4 Å². The molecular weight excluding hydrogens is 470 g/mol. The lowest BCUT2D eigenvalue weighted by molar-refractivity contribution is -0.384. The summed E-state index contributed by atoms with van der Waals surface area (Å²) >= 11 is 7.50. The van der Waals surface area contributed by atoms with Crippen LogP contribution < -0.4 is 10.6 Å². The Labute approximate surface area is 202 Å². The molecule has 2 amide bonds. The van der Waals surface area contributed by atoms with E-state index in [9.17, 15) is 24.5 Å². The maximum atomic E-state index is 12.6. The number of carbonyl (C=O) groups is 3. The van der Waals surface area contributed by atoms with Crippen LogP contribution in [-0.4, -0.2) is 53.4 Å². The molecule has 0 spiro atoms. The molecule has 33 heavy (non-hydrogen) atoms. The molecule has 182 valence electrons. The molecular formula is C22H30ClN3O6S. The van der Waals surface area contributed by atoms with Gasteiger partial charge in [0.25, 0.3) is 17.5 Å². The molecule has 1 aromatic carbocycles. The Hall–Kier alpha value is -2.33. The van der Waals surface area contributed by atoms with Gasteiger partial charge in [0.2, 0.25) is 0 Å². The van der Waals surface area contributed by atoms with Gasteiger partial charge in [-0.15, -0.1) is 0 Å². The standard InChI is InChI=1S/C22H30ClN3O6S/c1-13-5-4-6-18(14(13)2)24-20(27)12-32-22(29)19(9-10-33-3)25-21(28)16-8-7-15(26(30)31)11-17(16)23/h7-8,11,13-14,18-19H,4-6,9-10,12H2,1-3H3,(H,24,27)(H,25,28)/t13-,14+,18+,19-/m0/s1. The zero-order valence-corrected chi connectivity index (χ0v) is 20.5. The number of amides is 2. The van der Waals surface area contributed by atoms with Crippen molar-refractivity contribution in [3.8, 4) is 0 Å². The second kappa shape index (κ2) is 12.8. The van der Waals surface area contributed by atoms with Gasteiger partial charge in [-0.3, -0.25) is 19.7 Å². The summed E-state index contributed by atoms with van der Waals surface area (Å²) in [5, 5.41) is 16.3. The monoisotopic (exact) mass is 499 g/mol. The number of hydrogen-bond donors (Lipinski definition) is 2. The minimum atomic E-state index is -0.988. The molecule has 1 aliphatic rings.